The summed E-state index contributed by atoms with van der Waals surface area (Å²) in [6, 6.07) is 5.08. The molecule has 4 heteroatoms. The van der Waals surface area contributed by atoms with Crippen LogP contribution in [0, 0.1) is 24.4 Å². The van der Waals surface area contributed by atoms with E-state index in [0.717, 1.165) is 6.42 Å². The monoisotopic (exact) mass is 292 g/mol. The minimum atomic E-state index is -1.05. The van der Waals surface area contributed by atoms with Crippen LogP contribution in [0.3, 0.4) is 0 Å². The molecule has 0 saturated heterocycles. The predicted octanol–water partition coefficient (Wildman–Crippen LogP) is 5.06. The van der Waals surface area contributed by atoms with Crippen molar-refractivity contribution in [2.24, 2.45) is 0 Å². The Morgan fingerprint density at radius 1 is 1.00 bits per heavy atom. The fourth-order valence-electron chi connectivity index (χ4n) is 2.70. The first-order chi connectivity index (χ1) is 10.0. The number of rotatable bonds is 2. The predicted molar refractivity (Wildman–Crippen MR) is 74.4 cm³/mol. The smallest absolute Gasteiger partial charge is 0.201 e. The summed E-state index contributed by atoms with van der Waals surface area (Å²) >= 11 is 0. The Balaban J connectivity index is 2.11. The van der Waals surface area contributed by atoms with Crippen LogP contribution in [0.2, 0.25) is 0 Å². The fraction of sp³-hybridized carbons (Fsp3) is 0.294. The van der Waals surface area contributed by atoms with Crippen LogP contribution in [0.25, 0.3) is 0 Å². The summed E-state index contributed by atoms with van der Waals surface area (Å²) in [5, 5.41) is 0. The highest BCUT2D eigenvalue weighted by atomic mass is 19.2. The Morgan fingerprint density at radius 3 is 2.43 bits per heavy atom. The molecule has 110 valence electrons. The lowest BCUT2D eigenvalue weighted by atomic mass is 9.96. The summed E-state index contributed by atoms with van der Waals surface area (Å²) in [6.45, 7) is 3.45. The molecule has 21 heavy (non-hydrogen) atoms. The lowest BCUT2D eigenvalue weighted by Crippen LogP contribution is -2.10. The van der Waals surface area contributed by atoms with E-state index in [4.69, 9.17) is 4.74 Å². The maximum atomic E-state index is 14.4. The molecule has 2 aromatic rings. The zero-order valence-electron chi connectivity index (χ0n) is 11.9. The summed E-state index contributed by atoms with van der Waals surface area (Å²) in [6.07, 6.45) is 1.72. The number of ether oxygens (including phenoxy) is 1. The van der Waals surface area contributed by atoms with Crippen LogP contribution in [0.15, 0.2) is 18.2 Å². The highest BCUT2D eigenvalue weighted by Gasteiger charge is 2.27. The van der Waals surface area contributed by atoms with Crippen molar-refractivity contribution >= 4 is 0 Å². The lowest BCUT2D eigenvalue weighted by molar-refractivity contribution is 0.378. The minimum absolute atomic E-state index is 0.0237. The summed E-state index contributed by atoms with van der Waals surface area (Å²) in [5.41, 5.74) is 1.96. The molecule has 1 nitrogen and oxygen atoms in total. The van der Waals surface area contributed by atoms with Gasteiger partial charge in [-0.2, -0.15) is 4.39 Å². The lowest BCUT2D eigenvalue weighted by Gasteiger charge is -2.23. The molecule has 1 aliphatic heterocycles. The second kappa shape index (κ2) is 5.10. The van der Waals surface area contributed by atoms with Gasteiger partial charge in [-0.25, -0.2) is 8.78 Å². The zero-order valence-corrected chi connectivity index (χ0v) is 11.9. The number of halogens is 3. The van der Waals surface area contributed by atoms with E-state index in [2.05, 4.69) is 0 Å². The van der Waals surface area contributed by atoms with Crippen LogP contribution in [-0.4, -0.2) is 0 Å². The summed E-state index contributed by atoms with van der Waals surface area (Å²) in [7, 11) is 0. The molecule has 0 fully saturated rings. The molecular weight excluding hydrogens is 277 g/mol. The third-order valence-electron chi connectivity index (χ3n) is 3.78. The molecule has 0 radical (unpaired) electrons. The first-order valence-electron chi connectivity index (χ1n) is 6.98. The van der Waals surface area contributed by atoms with E-state index >= 15 is 0 Å². The van der Waals surface area contributed by atoms with Gasteiger partial charge in [0.15, 0.2) is 23.1 Å². The highest BCUT2D eigenvalue weighted by molar-refractivity contribution is 5.53. The number of hydrogen-bond acceptors (Lipinski definition) is 1. The Labute approximate surface area is 121 Å². The Hall–Kier alpha value is -1.97. The van der Waals surface area contributed by atoms with Gasteiger partial charge in [-0.1, -0.05) is 25.5 Å². The average molecular weight is 292 g/mol. The first-order valence-corrected chi connectivity index (χ1v) is 6.98. The van der Waals surface area contributed by atoms with Gasteiger partial charge in [0, 0.05) is 17.5 Å². The number of hydrogen-bond donors (Lipinski definition) is 0. The van der Waals surface area contributed by atoms with Crippen LogP contribution in [-0.2, 0) is 12.8 Å². The van der Waals surface area contributed by atoms with Crippen molar-refractivity contribution in [2.75, 3.05) is 0 Å². The van der Waals surface area contributed by atoms with Crippen molar-refractivity contribution in [3.8, 4) is 11.5 Å². The molecule has 1 heterocycles. The molecule has 0 aromatic heterocycles. The molecule has 0 bridgehead atoms. The van der Waals surface area contributed by atoms with Crippen LogP contribution >= 0.6 is 0 Å². The summed E-state index contributed by atoms with van der Waals surface area (Å²) in [5.74, 6) is -2.63. The minimum Gasteiger partial charge on any atom is -0.450 e. The van der Waals surface area contributed by atoms with Crippen LogP contribution in [0.5, 0.6) is 11.5 Å². The molecular formula is C17H15F3O. The molecule has 0 aliphatic carbocycles. The Kier molecular flexibility index (Phi) is 3.40. The molecule has 0 N–H and O–H groups in total. The maximum absolute atomic E-state index is 14.4. The second-order valence-corrected chi connectivity index (χ2v) is 5.37. The normalized spacial score (nSPS) is 12.6. The first kappa shape index (κ1) is 14.0. The third kappa shape index (κ3) is 2.19. The molecule has 0 spiro atoms. The van der Waals surface area contributed by atoms with E-state index in [1.807, 2.05) is 6.92 Å². The number of benzene rings is 2. The van der Waals surface area contributed by atoms with E-state index in [-0.39, 0.29) is 17.1 Å². The molecule has 0 unspecified atom stereocenters. The van der Waals surface area contributed by atoms with E-state index in [0.29, 0.717) is 29.5 Å². The van der Waals surface area contributed by atoms with Gasteiger partial charge in [0.1, 0.15) is 0 Å². The maximum Gasteiger partial charge on any atom is 0.201 e. The van der Waals surface area contributed by atoms with Crippen molar-refractivity contribution in [1.29, 1.82) is 0 Å². The van der Waals surface area contributed by atoms with E-state index < -0.39 is 17.5 Å². The van der Waals surface area contributed by atoms with E-state index in [1.54, 1.807) is 18.2 Å². The van der Waals surface area contributed by atoms with Gasteiger partial charge in [-0.15, -0.1) is 0 Å². The van der Waals surface area contributed by atoms with Crippen LogP contribution < -0.4 is 4.74 Å². The van der Waals surface area contributed by atoms with E-state index in [1.165, 1.54) is 6.92 Å². The molecule has 1 aliphatic rings. The molecule has 0 amide bonds. The number of aryl methyl sites for hydroxylation is 2. The van der Waals surface area contributed by atoms with Crippen LogP contribution in [0.1, 0.15) is 35.6 Å². The largest absolute Gasteiger partial charge is 0.450 e. The van der Waals surface area contributed by atoms with Crippen molar-refractivity contribution in [3.05, 3.63) is 57.9 Å². The third-order valence-corrected chi connectivity index (χ3v) is 3.78. The summed E-state index contributed by atoms with van der Waals surface area (Å²) in [4.78, 5) is 0. The van der Waals surface area contributed by atoms with E-state index in [9.17, 15) is 13.2 Å². The van der Waals surface area contributed by atoms with Gasteiger partial charge in [0.2, 0.25) is 5.82 Å². The van der Waals surface area contributed by atoms with Crippen molar-refractivity contribution in [3.63, 3.8) is 0 Å². The Morgan fingerprint density at radius 2 is 1.71 bits per heavy atom. The molecule has 0 atom stereocenters. The SMILES string of the molecule is CCCc1ccc2c(c1F)Oc1c(cc(C)c(F)c1F)C2. The van der Waals surface area contributed by atoms with Gasteiger partial charge >= 0.3 is 0 Å². The van der Waals surface area contributed by atoms with Crippen molar-refractivity contribution in [1.82, 2.24) is 0 Å². The molecule has 3 rings (SSSR count). The van der Waals surface area contributed by atoms with Gasteiger partial charge in [-0.3, -0.25) is 0 Å². The van der Waals surface area contributed by atoms with Gasteiger partial charge in [-0.05, 0) is 30.5 Å². The van der Waals surface area contributed by atoms with Crippen LogP contribution in [0.4, 0.5) is 13.2 Å². The zero-order chi connectivity index (χ0) is 15.1. The van der Waals surface area contributed by atoms with Gasteiger partial charge < -0.3 is 4.74 Å². The number of fused-ring (bicyclic) bond motifs is 2. The van der Waals surface area contributed by atoms with Crippen molar-refractivity contribution < 1.29 is 17.9 Å². The highest BCUT2D eigenvalue weighted by Crippen LogP contribution is 2.42. The van der Waals surface area contributed by atoms with Gasteiger partial charge in [0.25, 0.3) is 0 Å². The molecule has 2 aromatic carbocycles. The van der Waals surface area contributed by atoms with Gasteiger partial charge in [0.05, 0.1) is 0 Å². The summed E-state index contributed by atoms with van der Waals surface area (Å²) < 4.78 is 47.4. The Bertz CT molecular complexity index is 723. The fourth-order valence-corrected chi connectivity index (χ4v) is 2.70. The average Bonchev–Trinajstić information content (AvgIpc) is 2.47. The molecule has 0 saturated carbocycles. The second-order valence-electron chi connectivity index (χ2n) is 5.37. The standard InChI is InChI=1S/C17H15F3O/c1-3-4-10-5-6-11-8-12-7-9(2)13(18)15(20)17(12)21-16(11)14(10)19/h5-7H,3-4,8H2,1-2H3. The topological polar surface area (TPSA) is 9.23 Å². The van der Waals surface area contributed by atoms with Crippen molar-refractivity contribution in [2.45, 2.75) is 33.1 Å². The quantitative estimate of drug-likeness (QED) is 0.641.